The first-order chi connectivity index (χ1) is 9.15. The summed E-state index contributed by atoms with van der Waals surface area (Å²) in [7, 11) is 0. The van der Waals surface area contributed by atoms with E-state index >= 15 is 0 Å². The molecule has 1 fully saturated rings. The summed E-state index contributed by atoms with van der Waals surface area (Å²) < 4.78 is 0. The van der Waals surface area contributed by atoms with Gasteiger partial charge in [-0.1, -0.05) is 13.8 Å². The standard InChI is InChI=1S/C16H27N3/c1-13(2)6-7-14(3)18-15-8-9-16(17-12-15)19-10-4-5-11-19/h8-9,12-14,18H,4-7,10-11H2,1-3H3. The van der Waals surface area contributed by atoms with Crippen LogP contribution in [-0.2, 0) is 0 Å². The summed E-state index contributed by atoms with van der Waals surface area (Å²) in [6.45, 7) is 9.12. The molecule has 0 radical (unpaired) electrons. The highest BCUT2D eigenvalue weighted by atomic mass is 15.2. The lowest BCUT2D eigenvalue weighted by molar-refractivity contribution is 0.527. The van der Waals surface area contributed by atoms with Gasteiger partial charge in [-0.05, 0) is 50.7 Å². The molecule has 0 amide bonds. The fourth-order valence-corrected chi connectivity index (χ4v) is 2.54. The van der Waals surface area contributed by atoms with Crippen LogP contribution in [0, 0.1) is 5.92 Å². The Hall–Kier alpha value is -1.25. The van der Waals surface area contributed by atoms with Gasteiger partial charge < -0.3 is 10.2 Å². The minimum atomic E-state index is 0.516. The van der Waals surface area contributed by atoms with Crippen LogP contribution in [0.15, 0.2) is 18.3 Å². The maximum atomic E-state index is 4.57. The molecule has 0 aromatic carbocycles. The van der Waals surface area contributed by atoms with Crippen molar-refractivity contribution in [2.75, 3.05) is 23.3 Å². The van der Waals surface area contributed by atoms with E-state index in [2.05, 4.69) is 48.1 Å². The number of hydrogen-bond donors (Lipinski definition) is 1. The zero-order valence-corrected chi connectivity index (χ0v) is 12.5. The first-order valence-corrected chi connectivity index (χ1v) is 7.62. The molecule has 3 nitrogen and oxygen atoms in total. The fraction of sp³-hybridized carbons (Fsp3) is 0.688. The van der Waals surface area contributed by atoms with Crippen LogP contribution in [-0.4, -0.2) is 24.1 Å². The van der Waals surface area contributed by atoms with Crippen LogP contribution in [0.25, 0.3) is 0 Å². The molecular formula is C16H27N3. The Morgan fingerprint density at radius 1 is 1.16 bits per heavy atom. The topological polar surface area (TPSA) is 28.2 Å². The van der Waals surface area contributed by atoms with Gasteiger partial charge in [-0.2, -0.15) is 0 Å². The monoisotopic (exact) mass is 261 g/mol. The van der Waals surface area contributed by atoms with E-state index in [0.717, 1.165) is 30.5 Å². The second-order valence-electron chi connectivity index (χ2n) is 6.12. The van der Waals surface area contributed by atoms with E-state index in [1.165, 1.54) is 25.7 Å². The van der Waals surface area contributed by atoms with Crippen LogP contribution in [0.5, 0.6) is 0 Å². The molecule has 2 rings (SSSR count). The molecule has 1 aliphatic heterocycles. The van der Waals surface area contributed by atoms with Crippen molar-refractivity contribution in [2.45, 2.75) is 52.5 Å². The summed E-state index contributed by atoms with van der Waals surface area (Å²) >= 11 is 0. The third kappa shape index (κ3) is 4.41. The maximum absolute atomic E-state index is 4.57. The fourth-order valence-electron chi connectivity index (χ4n) is 2.54. The summed E-state index contributed by atoms with van der Waals surface area (Å²) in [5.41, 5.74) is 1.14. The van der Waals surface area contributed by atoms with Gasteiger partial charge in [0.2, 0.25) is 0 Å². The largest absolute Gasteiger partial charge is 0.381 e. The molecule has 0 bridgehead atoms. The Labute approximate surface area is 117 Å². The second kappa shape index (κ2) is 6.78. The van der Waals surface area contributed by atoms with Crippen molar-refractivity contribution in [1.29, 1.82) is 0 Å². The van der Waals surface area contributed by atoms with Crippen molar-refractivity contribution in [3.05, 3.63) is 18.3 Å². The summed E-state index contributed by atoms with van der Waals surface area (Å²) in [5, 5.41) is 3.53. The van der Waals surface area contributed by atoms with E-state index in [1.54, 1.807) is 0 Å². The first kappa shape index (κ1) is 14.2. The molecule has 1 aliphatic rings. The first-order valence-electron chi connectivity index (χ1n) is 7.62. The molecular weight excluding hydrogens is 234 g/mol. The summed E-state index contributed by atoms with van der Waals surface area (Å²) in [4.78, 5) is 6.94. The number of anilines is 2. The zero-order chi connectivity index (χ0) is 13.7. The minimum absolute atomic E-state index is 0.516. The molecule has 19 heavy (non-hydrogen) atoms. The van der Waals surface area contributed by atoms with E-state index in [1.807, 2.05) is 6.20 Å². The smallest absolute Gasteiger partial charge is 0.128 e. The van der Waals surface area contributed by atoms with Gasteiger partial charge >= 0.3 is 0 Å². The second-order valence-corrected chi connectivity index (χ2v) is 6.12. The van der Waals surface area contributed by atoms with Gasteiger partial charge in [0.25, 0.3) is 0 Å². The number of nitrogens with zero attached hydrogens (tertiary/aromatic N) is 2. The SMILES string of the molecule is CC(C)CCC(C)Nc1ccc(N2CCCC2)nc1. The van der Waals surface area contributed by atoms with E-state index in [9.17, 15) is 0 Å². The lowest BCUT2D eigenvalue weighted by atomic mass is 10.0. The number of rotatable bonds is 6. The third-order valence-electron chi connectivity index (χ3n) is 3.77. The molecule has 1 saturated heterocycles. The van der Waals surface area contributed by atoms with Gasteiger partial charge in [0.05, 0.1) is 11.9 Å². The van der Waals surface area contributed by atoms with E-state index in [-0.39, 0.29) is 0 Å². The molecule has 1 aromatic heterocycles. The van der Waals surface area contributed by atoms with Crippen LogP contribution in [0.2, 0.25) is 0 Å². The van der Waals surface area contributed by atoms with Crippen LogP contribution in [0.1, 0.15) is 46.5 Å². The Bertz CT molecular complexity index is 366. The van der Waals surface area contributed by atoms with E-state index in [4.69, 9.17) is 0 Å². The molecule has 1 unspecified atom stereocenters. The number of nitrogens with one attached hydrogen (secondary N) is 1. The average Bonchev–Trinajstić information content (AvgIpc) is 2.91. The highest BCUT2D eigenvalue weighted by Gasteiger charge is 2.13. The summed E-state index contributed by atoms with van der Waals surface area (Å²) in [6.07, 6.45) is 7.06. The lowest BCUT2D eigenvalue weighted by Crippen LogP contribution is -2.19. The quantitative estimate of drug-likeness (QED) is 0.841. The van der Waals surface area contributed by atoms with E-state index < -0.39 is 0 Å². The Morgan fingerprint density at radius 2 is 1.89 bits per heavy atom. The van der Waals surface area contributed by atoms with Gasteiger partial charge in [-0.3, -0.25) is 0 Å². The van der Waals surface area contributed by atoms with Crippen molar-refractivity contribution >= 4 is 11.5 Å². The number of aromatic nitrogens is 1. The van der Waals surface area contributed by atoms with Crippen molar-refractivity contribution < 1.29 is 0 Å². The third-order valence-corrected chi connectivity index (χ3v) is 3.77. The van der Waals surface area contributed by atoms with Crippen LogP contribution < -0.4 is 10.2 Å². The highest BCUT2D eigenvalue weighted by molar-refractivity contribution is 5.49. The molecule has 1 aromatic rings. The summed E-state index contributed by atoms with van der Waals surface area (Å²) in [6, 6.07) is 4.82. The Morgan fingerprint density at radius 3 is 2.47 bits per heavy atom. The number of pyridine rings is 1. The Kier molecular flexibility index (Phi) is 5.06. The molecule has 0 aliphatic carbocycles. The number of hydrogen-bond acceptors (Lipinski definition) is 3. The lowest BCUT2D eigenvalue weighted by Gasteiger charge is -2.19. The predicted molar refractivity (Wildman–Crippen MR) is 82.8 cm³/mol. The van der Waals surface area contributed by atoms with Crippen molar-refractivity contribution in [3.63, 3.8) is 0 Å². The minimum Gasteiger partial charge on any atom is -0.381 e. The van der Waals surface area contributed by atoms with Crippen LogP contribution in [0.3, 0.4) is 0 Å². The van der Waals surface area contributed by atoms with Crippen LogP contribution >= 0.6 is 0 Å². The van der Waals surface area contributed by atoms with Gasteiger partial charge in [-0.15, -0.1) is 0 Å². The maximum Gasteiger partial charge on any atom is 0.128 e. The van der Waals surface area contributed by atoms with Crippen LogP contribution in [0.4, 0.5) is 11.5 Å². The normalized spacial score (nSPS) is 16.9. The average molecular weight is 261 g/mol. The predicted octanol–water partition coefficient (Wildman–Crippen LogP) is 3.92. The van der Waals surface area contributed by atoms with Gasteiger partial charge in [0.1, 0.15) is 5.82 Å². The molecule has 2 heterocycles. The zero-order valence-electron chi connectivity index (χ0n) is 12.5. The van der Waals surface area contributed by atoms with Crippen molar-refractivity contribution in [2.24, 2.45) is 5.92 Å². The van der Waals surface area contributed by atoms with Gasteiger partial charge in [0.15, 0.2) is 0 Å². The van der Waals surface area contributed by atoms with Gasteiger partial charge in [0, 0.05) is 19.1 Å². The van der Waals surface area contributed by atoms with Gasteiger partial charge in [-0.25, -0.2) is 4.98 Å². The molecule has 106 valence electrons. The Balaban J connectivity index is 1.84. The van der Waals surface area contributed by atoms with E-state index in [0.29, 0.717) is 6.04 Å². The molecule has 3 heteroatoms. The molecule has 0 spiro atoms. The molecule has 1 atom stereocenters. The van der Waals surface area contributed by atoms with Crippen molar-refractivity contribution in [3.8, 4) is 0 Å². The summed E-state index contributed by atoms with van der Waals surface area (Å²) in [5.74, 6) is 1.90. The molecule has 1 N–H and O–H groups in total. The highest BCUT2D eigenvalue weighted by Crippen LogP contribution is 2.20. The molecule has 0 saturated carbocycles. The van der Waals surface area contributed by atoms with Crippen molar-refractivity contribution in [1.82, 2.24) is 4.98 Å².